The van der Waals surface area contributed by atoms with Crippen LogP contribution in [0.1, 0.15) is 24.8 Å². The Morgan fingerprint density at radius 3 is 2.71 bits per heavy atom. The first-order chi connectivity index (χ1) is 11.7. The van der Waals surface area contributed by atoms with Crippen LogP contribution in [0.5, 0.6) is 0 Å². The first kappa shape index (κ1) is 16.4. The number of rotatable bonds is 5. The van der Waals surface area contributed by atoms with Gasteiger partial charge in [-0.3, -0.25) is 9.78 Å². The molecule has 0 saturated carbocycles. The molecule has 1 aliphatic heterocycles. The average molecular weight is 327 g/mol. The lowest BCUT2D eigenvalue weighted by molar-refractivity contribution is -0.132. The molecule has 1 atom stereocenters. The Morgan fingerprint density at radius 1 is 1.21 bits per heavy atom. The van der Waals surface area contributed by atoms with E-state index in [9.17, 15) is 9.18 Å². The minimum absolute atomic E-state index is 0.192. The molecule has 2 aromatic rings. The number of piperidine rings is 1. The van der Waals surface area contributed by atoms with Gasteiger partial charge in [0.25, 0.3) is 0 Å². The maximum atomic E-state index is 13.0. The van der Waals surface area contributed by atoms with Crippen molar-refractivity contribution in [1.82, 2.24) is 9.88 Å². The number of hydrogen-bond donors (Lipinski definition) is 1. The number of pyridine rings is 1. The summed E-state index contributed by atoms with van der Waals surface area (Å²) in [6.07, 6.45) is 6.78. The van der Waals surface area contributed by atoms with Crippen LogP contribution >= 0.6 is 0 Å². The second-order valence-corrected chi connectivity index (χ2v) is 6.19. The summed E-state index contributed by atoms with van der Waals surface area (Å²) >= 11 is 0. The van der Waals surface area contributed by atoms with E-state index in [1.807, 2.05) is 17.0 Å². The minimum Gasteiger partial charge on any atom is -0.381 e. The molecule has 5 heteroatoms. The number of aromatic nitrogens is 1. The molecule has 1 aromatic carbocycles. The lowest BCUT2D eigenvalue weighted by Crippen LogP contribution is -2.45. The van der Waals surface area contributed by atoms with Gasteiger partial charge in [0, 0.05) is 43.6 Å². The topological polar surface area (TPSA) is 45.2 Å². The number of nitrogens with one attached hydrogen (secondary N) is 1. The van der Waals surface area contributed by atoms with Crippen molar-refractivity contribution in [3.05, 3.63) is 60.2 Å². The Labute approximate surface area is 141 Å². The monoisotopic (exact) mass is 327 g/mol. The predicted molar refractivity (Wildman–Crippen MR) is 92.2 cm³/mol. The average Bonchev–Trinajstić information content (AvgIpc) is 2.63. The molecule has 2 heterocycles. The fourth-order valence-electron chi connectivity index (χ4n) is 3.06. The molecule has 4 nitrogen and oxygen atoms in total. The van der Waals surface area contributed by atoms with Crippen LogP contribution in [0.15, 0.2) is 48.8 Å². The lowest BCUT2D eigenvalue weighted by Gasteiger charge is -2.34. The predicted octanol–water partition coefficient (Wildman–Crippen LogP) is 3.26. The van der Waals surface area contributed by atoms with Crippen molar-refractivity contribution in [1.29, 1.82) is 0 Å². The number of likely N-dealkylation sites (tertiary alicyclic amines) is 1. The third-order valence-electron chi connectivity index (χ3n) is 4.37. The van der Waals surface area contributed by atoms with Crippen LogP contribution < -0.4 is 5.32 Å². The number of hydrogen-bond acceptors (Lipinski definition) is 3. The number of amides is 1. The molecule has 1 amide bonds. The molecule has 126 valence electrons. The van der Waals surface area contributed by atoms with Gasteiger partial charge in [-0.05, 0) is 61.2 Å². The number of nitrogens with zero attached hydrogens (tertiary/aromatic N) is 2. The molecular formula is C19H22FN3O. The van der Waals surface area contributed by atoms with E-state index >= 15 is 0 Å². The molecule has 1 N–H and O–H groups in total. The first-order valence-corrected chi connectivity index (χ1v) is 8.39. The Morgan fingerprint density at radius 2 is 1.96 bits per heavy atom. The number of carbonyl (C=O) groups excluding carboxylic acids is 1. The van der Waals surface area contributed by atoms with E-state index in [-0.39, 0.29) is 17.8 Å². The third-order valence-corrected chi connectivity index (χ3v) is 4.37. The molecule has 24 heavy (non-hydrogen) atoms. The van der Waals surface area contributed by atoms with Gasteiger partial charge >= 0.3 is 0 Å². The summed E-state index contributed by atoms with van der Waals surface area (Å²) in [6.45, 7) is 1.52. The summed E-state index contributed by atoms with van der Waals surface area (Å²) in [7, 11) is 0. The van der Waals surface area contributed by atoms with Gasteiger partial charge in [0.1, 0.15) is 5.82 Å². The molecule has 1 aliphatic rings. The van der Waals surface area contributed by atoms with Gasteiger partial charge in [-0.15, -0.1) is 0 Å². The zero-order valence-corrected chi connectivity index (χ0v) is 13.6. The fourth-order valence-corrected chi connectivity index (χ4v) is 3.06. The highest BCUT2D eigenvalue weighted by Gasteiger charge is 2.23. The van der Waals surface area contributed by atoms with Gasteiger partial charge < -0.3 is 10.2 Å². The van der Waals surface area contributed by atoms with Crippen molar-refractivity contribution in [2.24, 2.45) is 0 Å². The third kappa shape index (κ3) is 4.54. The van der Waals surface area contributed by atoms with Crippen LogP contribution in [0.4, 0.5) is 10.1 Å². The van der Waals surface area contributed by atoms with Crippen LogP contribution in [0, 0.1) is 5.82 Å². The maximum absolute atomic E-state index is 13.0. The van der Waals surface area contributed by atoms with Crippen LogP contribution in [0.3, 0.4) is 0 Å². The number of aryl methyl sites for hydroxylation is 1. The van der Waals surface area contributed by atoms with Crippen molar-refractivity contribution in [3.63, 3.8) is 0 Å². The molecule has 3 rings (SSSR count). The van der Waals surface area contributed by atoms with Gasteiger partial charge in [0.15, 0.2) is 0 Å². The summed E-state index contributed by atoms with van der Waals surface area (Å²) in [5, 5.41) is 3.40. The number of anilines is 1. The molecule has 0 unspecified atom stereocenters. The van der Waals surface area contributed by atoms with Crippen LogP contribution in [0.2, 0.25) is 0 Å². The second kappa shape index (κ2) is 7.90. The highest BCUT2D eigenvalue weighted by molar-refractivity contribution is 5.76. The highest BCUT2D eigenvalue weighted by atomic mass is 19.1. The Hall–Kier alpha value is -2.43. The molecule has 1 aromatic heterocycles. The minimum atomic E-state index is -0.239. The molecule has 0 aliphatic carbocycles. The quantitative estimate of drug-likeness (QED) is 0.917. The summed E-state index contributed by atoms with van der Waals surface area (Å²) in [6, 6.07) is 10.5. The first-order valence-electron chi connectivity index (χ1n) is 8.39. The van der Waals surface area contributed by atoms with Gasteiger partial charge in [-0.2, -0.15) is 0 Å². The number of benzene rings is 1. The number of carbonyl (C=O) groups is 1. The summed E-state index contributed by atoms with van der Waals surface area (Å²) in [5.74, 6) is -0.0467. The second-order valence-electron chi connectivity index (χ2n) is 6.19. The van der Waals surface area contributed by atoms with Crippen LogP contribution in [-0.4, -0.2) is 34.9 Å². The maximum Gasteiger partial charge on any atom is 0.222 e. The van der Waals surface area contributed by atoms with Crippen LogP contribution in [0.25, 0.3) is 0 Å². The summed E-state index contributed by atoms with van der Waals surface area (Å²) in [5.41, 5.74) is 2.03. The Bertz CT molecular complexity index is 660. The normalized spacial score (nSPS) is 17.5. The van der Waals surface area contributed by atoms with E-state index in [2.05, 4.69) is 10.3 Å². The smallest absolute Gasteiger partial charge is 0.222 e. The number of halogens is 1. The van der Waals surface area contributed by atoms with Crippen molar-refractivity contribution in [2.45, 2.75) is 31.7 Å². The van der Waals surface area contributed by atoms with Crippen molar-refractivity contribution < 1.29 is 9.18 Å². The molecule has 0 bridgehead atoms. The zero-order chi connectivity index (χ0) is 16.8. The van der Waals surface area contributed by atoms with E-state index in [1.54, 1.807) is 24.5 Å². The highest BCUT2D eigenvalue weighted by Crippen LogP contribution is 2.17. The van der Waals surface area contributed by atoms with Crippen molar-refractivity contribution in [3.8, 4) is 0 Å². The van der Waals surface area contributed by atoms with Gasteiger partial charge in [0.05, 0.1) is 0 Å². The van der Waals surface area contributed by atoms with Gasteiger partial charge in [-0.1, -0.05) is 0 Å². The Balaban J connectivity index is 1.51. The van der Waals surface area contributed by atoms with E-state index in [0.717, 1.165) is 37.1 Å². The fraction of sp³-hybridized carbons (Fsp3) is 0.368. The van der Waals surface area contributed by atoms with Crippen LogP contribution in [-0.2, 0) is 11.2 Å². The van der Waals surface area contributed by atoms with E-state index in [4.69, 9.17) is 0 Å². The molecular weight excluding hydrogens is 305 g/mol. The van der Waals surface area contributed by atoms with Crippen molar-refractivity contribution >= 4 is 11.6 Å². The van der Waals surface area contributed by atoms with E-state index in [1.165, 1.54) is 12.1 Å². The molecule has 0 spiro atoms. The molecule has 0 radical (unpaired) electrons. The van der Waals surface area contributed by atoms with Crippen molar-refractivity contribution in [2.75, 3.05) is 18.4 Å². The van der Waals surface area contributed by atoms with E-state index < -0.39 is 0 Å². The van der Waals surface area contributed by atoms with Gasteiger partial charge in [0.2, 0.25) is 5.91 Å². The SMILES string of the molecule is O=C(CCc1ccncc1)N1CCC[C@@H](Nc2ccc(F)cc2)C1. The standard InChI is InChI=1S/C19H22FN3O/c20-16-4-6-17(7-5-16)22-18-2-1-13-23(14-18)19(24)8-3-15-9-11-21-12-10-15/h4-7,9-12,18,22H,1-3,8,13-14H2/t18-/m1/s1. The zero-order valence-electron chi connectivity index (χ0n) is 13.6. The largest absolute Gasteiger partial charge is 0.381 e. The molecule has 1 fully saturated rings. The van der Waals surface area contributed by atoms with Gasteiger partial charge in [-0.25, -0.2) is 4.39 Å². The van der Waals surface area contributed by atoms with E-state index in [0.29, 0.717) is 13.0 Å². The summed E-state index contributed by atoms with van der Waals surface area (Å²) < 4.78 is 13.0. The summed E-state index contributed by atoms with van der Waals surface area (Å²) in [4.78, 5) is 18.4. The Kier molecular flexibility index (Phi) is 5.41. The lowest BCUT2D eigenvalue weighted by atomic mass is 10.0. The molecule has 1 saturated heterocycles.